The Labute approximate surface area is 211 Å². The van der Waals surface area contributed by atoms with E-state index in [4.69, 9.17) is 18.9 Å². The maximum absolute atomic E-state index is 9.78. The van der Waals surface area contributed by atoms with Crippen molar-refractivity contribution in [2.45, 2.75) is 32.5 Å². The molecule has 0 aliphatic heterocycles. The summed E-state index contributed by atoms with van der Waals surface area (Å²) in [6.45, 7) is 4.30. The van der Waals surface area contributed by atoms with Gasteiger partial charge < -0.3 is 19.0 Å². The van der Waals surface area contributed by atoms with Gasteiger partial charge in [-0.2, -0.15) is 5.10 Å². The number of methoxy groups -OCH3 is 1. The molecule has 0 amide bonds. The summed E-state index contributed by atoms with van der Waals surface area (Å²) < 4.78 is 20.1. The Morgan fingerprint density at radius 2 is 2.08 bits per heavy atom. The monoisotopic (exact) mass is 500 g/mol. The average molecular weight is 501 g/mol. The van der Waals surface area contributed by atoms with Crippen molar-refractivity contribution >= 4 is 23.1 Å². The molecule has 9 heteroatoms. The Balaban J connectivity index is 1.29. The van der Waals surface area contributed by atoms with E-state index in [0.717, 1.165) is 38.9 Å². The molecule has 36 heavy (non-hydrogen) atoms. The van der Waals surface area contributed by atoms with Crippen LogP contribution in [0.25, 0.3) is 33.7 Å². The molecule has 0 saturated heterocycles. The number of furan rings is 1. The number of hydrogen-bond donors (Lipinski definition) is 1. The standard InChI is InChI=1S/C27H24N4O4S/c1-16-7-8-25-29-22(13-31(25)30-16)24-11-21-23(35-24)10-20(33-3)12-27(21,2)34-14-18-15-36-26(28-18)17-5-4-6-19(32)9-17/h4-11,13,15,32H,12,14H2,1-3H3. The van der Waals surface area contributed by atoms with Gasteiger partial charge in [-0.1, -0.05) is 12.1 Å². The number of fused-ring (bicyclic) bond motifs is 2. The van der Waals surface area contributed by atoms with Gasteiger partial charge >= 0.3 is 0 Å². The predicted octanol–water partition coefficient (Wildman–Crippen LogP) is 5.95. The molecule has 182 valence electrons. The molecule has 8 nitrogen and oxygen atoms in total. The molecule has 4 heterocycles. The molecule has 0 spiro atoms. The van der Waals surface area contributed by atoms with E-state index < -0.39 is 5.60 Å². The molecule has 1 aromatic carbocycles. The lowest BCUT2D eigenvalue weighted by atomic mass is 9.87. The van der Waals surface area contributed by atoms with Gasteiger partial charge in [0.1, 0.15) is 33.6 Å². The maximum atomic E-state index is 9.78. The van der Waals surface area contributed by atoms with Gasteiger partial charge in [-0.15, -0.1) is 11.3 Å². The number of phenolic OH excluding ortho intramolecular Hbond substituents is 1. The number of aryl methyl sites for hydroxylation is 1. The van der Waals surface area contributed by atoms with Gasteiger partial charge in [0, 0.05) is 29.0 Å². The van der Waals surface area contributed by atoms with Gasteiger partial charge in [0.2, 0.25) is 0 Å². The number of hydrogen-bond acceptors (Lipinski definition) is 8. The van der Waals surface area contributed by atoms with Crippen LogP contribution in [0.5, 0.6) is 5.75 Å². The summed E-state index contributed by atoms with van der Waals surface area (Å²) in [5.74, 6) is 2.33. The predicted molar refractivity (Wildman–Crippen MR) is 136 cm³/mol. The van der Waals surface area contributed by atoms with Crippen LogP contribution in [-0.4, -0.2) is 31.8 Å². The Morgan fingerprint density at radius 1 is 1.19 bits per heavy atom. The minimum absolute atomic E-state index is 0.217. The van der Waals surface area contributed by atoms with Gasteiger partial charge in [0.25, 0.3) is 0 Å². The summed E-state index contributed by atoms with van der Waals surface area (Å²) in [5, 5.41) is 17.1. The van der Waals surface area contributed by atoms with Crippen LogP contribution in [0.15, 0.2) is 64.2 Å². The van der Waals surface area contributed by atoms with E-state index in [1.165, 1.54) is 11.3 Å². The quantitative estimate of drug-likeness (QED) is 0.308. The highest BCUT2D eigenvalue weighted by Gasteiger charge is 2.38. The third kappa shape index (κ3) is 4.06. The van der Waals surface area contributed by atoms with Crippen LogP contribution in [0.2, 0.25) is 0 Å². The first kappa shape index (κ1) is 22.5. The van der Waals surface area contributed by atoms with E-state index in [2.05, 4.69) is 10.1 Å². The summed E-state index contributed by atoms with van der Waals surface area (Å²) in [6, 6.07) is 12.9. The summed E-state index contributed by atoms with van der Waals surface area (Å²) in [5.41, 5.74) is 4.31. The highest BCUT2D eigenvalue weighted by Crippen LogP contribution is 2.44. The topological polar surface area (TPSA) is 94.9 Å². The number of phenols is 1. The van der Waals surface area contributed by atoms with Crippen LogP contribution in [-0.2, 0) is 21.7 Å². The third-order valence-corrected chi connectivity index (χ3v) is 7.23. The van der Waals surface area contributed by atoms with Crippen molar-refractivity contribution in [2.75, 3.05) is 7.11 Å². The number of imidazole rings is 1. The third-order valence-electron chi connectivity index (χ3n) is 6.29. The largest absolute Gasteiger partial charge is 0.508 e. The van der Waals surface area contributed by atoms with Gasteiger partial charge in [-0.05, 0) is 44.2 Å². The van der Waals surface area contributed by atoms with Crippen molar-refractivity contribution in [3.63, 3.8) is 0 Å². The lowest BCUT2D eigenvalue weighted by molar-refractivity contribution is -0.0577. The number of benzene rings is 1. The Kier molecular flexibility index (Phi) is 5.39. The lowest BCUT2D eigenvalue weighted by Gasteiger charge is -2.32. The highest BCUT2D eigenvalue weighted by molar-refractivity contribution is 7.13. The second-order valence-corrected chi connectivity index (χ2v) is 9.86. The second-order valence-electron chi connectivity index (χ2n) is 9.00. The zero-order valence-corrected chi connectivity index (χ0v) is 20.9. The number of thiazole rings is 1. The molecule has 6 rings (SSSR count). The molecule has 5 aromatic rings. The van der Waals surface area contributed by atoms with Crippen molar-refractivity contribution in [3.8, 4) is 27.8 Å². The van der Waals surface area contributed by atoms with Crippen LogP contribution in [0, 0.1) is 6.92 Å². The molecule has 1 N–H and O–H groups in total. The normalized spacial score (nSPS) is 17.2. The van der Waals surface area contributed by atoms with Crippen molar-refractivity contribution < 1.29 is 19.0 Å². The summed E-state index contributed by atoms with van der Waals surface area (Å²) in [6.07, 6.45) is 4.33. The zero-order chi connectivity index (χ0) is 24.9. The van der Waals surface area contributed by atoms with E-state index in [1.807, 2.05) is 61.8 Å². The number of ether oxygens (including phenoxy) is 2. The molecule has 4 aromatic heterocycles. The number of aromatic nitrogens is 4. The number of aromatic hydroxyl groups is 1. The van der Waals surface area contributed by atoms with Crippen molar-refractivity contribution in [2.24, 2.45) is 0 Å². The SMILES string of the molecule is COC1=Cc2oc(-c3cn4nc(C)ccc4n3)cc2C(C)(OCc2csc(-c3cccc(O)c3)n2)C1. The van der Waals surface area contributed by atoms with Gasteiger partial charge in [0.15, 0.2) is 11.4 Å². The number of rotatable bonds is 6. The van der Waals surface area contributed by atoms with Crippen LogP contribution in [0.3, 0.4) is 0 Å². The molecule has 0 bridgehead atoms. The molecule has 1 aliphatic rings. The average Bonchev–Trinajstić information content (AvgIpc) is 3.60. The van der Waals surface area contributed by atoms with E-state index in [0.29, 0.717) is 30.2 Å². The van der Waals surface area contributed by atoms with Gasteiger partial charge in [0.05, 0.1) is 31.3 Å². The Bertz CT molecular complexity index is 1620. The van der Waals surface area contributed by atoms with Gasteiger partial charge in [-0.25, -0.2) is 14.5 Å². The molecule has 1 unspecified atom stereocenters. The minimum Gasteiger partial charge on any atom is -0.508 e. The van der Waals surface area contributed by atoms with Crippen LogP contribution in [0.4, 0.5) is 0 Å². The zero-order valence-electron chi connectivity index (χ0n) is 20.1. The lowest BCUT2D eigenvalue weighted by Crippen LogP contribution is -2.29. The summed E-state index contributed by atoms with van der Waals surface area (Å²) in [7, 11) is 1.65. The summed E-state index contributed by atoms with van der Waals surface area (Å²) >= 11 is 1.52. The van der Waals surface area contributed by atoms with Crippen molar-refractivity contribution in [1.82, 2.24) is 19.6 Å². The molecule has 1 atom stereocenters. The molecular weight excluding hydrogens is 476 g/mol. The molecule has 0 fully saturated rings. The molecule has 0 radical (unpaired) electrons. The first-order valence-corrected chi connectivity index (χ1v) is 12.4. The minimum atomic E-state index is -0.681. The first-order chi connectivity index (χ1) is 17.4. The van der Waals surface area contributed by atoms with Crippen LogP contribution >= 0.6 is 11.3 Å². The fraction of sp³-hybridized carbons (Fsp3) is 0.222. The maximum Gasteiger partial charge on any atom is 0.155 e. The fourth-order valence-corrected chi connectivity index (χ4v) is 5.21. The van der Waals surface area contributed by atoms with E-state index in [-0.39, 0.29) is 5.75 Å². The highest BCUT2D eigenvalue weighted by atomic mass is 32.1. The summed E-state index contributed by atoms with van der Waals surface area (Å²) in [4.78, 5) is 9.38. The van der Waals surface area contributed by atoms with E-state index in [1.54, 1.807) is 23.8 Å². The Morgan fingerprint density at radius 3 is 2.92 bits per heavy atom. The van der Waals surface area contributed by atoms with Crippen molar-refractivity contribution in [3.05, 3.63) is 82.5 Å². The molecule has 0 saturated carbocycles. The molecular formula is C27H24N4O4S. The second kappa shape index (κ2) is 8.61. The van der Waals surface area contributed by atoms with E-state index in [9.17, 15) is 5.11 Å². The van der Waals surface area contributed by atoms with Crippen LogP contribution in [0.1, 0.15) is 36.1 Å². The number of nitrogens with zero attached hydrogens (tertiary/aromatic N) is 4. The van der Waals surface area contributed by atoms with Gasteiger partial charge in [-0.3, -0.25) is 0 Å². The van der Waals surface area contributed by atoms with Crippen LogP contribution < -0.4 is 0 Å². The van der Waals surface area contributed by atoms with E-state index >= 15 is 0 Å². The first-order valence-electron chi connectivity index (χ1n) is 11.5. The fourth-order valence-electron chi connectivity index (χ4n) is 4.41. The smallest absolute Gasteiger partial charge is 0.155 e. The molecule has 1 aliphatic carbocycles. The Hall–Kier alpha value is -3.95. The van der Waals surface area contributed by atoms with Crippen molar-refractivity contribution in [1.29, 1.82) is 0 Å².